The van der Waals surface area contributed by atoms with E-state index in [-0.39, 0.29) is 17.7 Å². The molecule has 2 atom stereocenters. The van der Waals surface area contributed by atoms with Crippen LogP contribution in [0.4, 0.5) is 5.69 Å². The number of anilines is 1. The Hall–Kier alpha value is -2.63. The fourth-order valence-corrected chi connectivity index (χ4v) is 3.60. The number of nitrogens with zero attached hydrogens (tertiary/aromatic N) is 1. The minimum Gasteiger partial charge on any atom is -0.480 e. The lowest BCUT2D eigenvalue weighted by molar-refractivity contribution is -0.143. The molecule has 1 aliphatic carbocycles. The van der Waals surface area contributed by atoms with Crippen molar-refractivity contribution in [1.82, 2.24) is 4.90 Å². The quantitative estimate of drug-likeness (QED) is 0.812. The minimum atomic E-state index is -0.965. The van der Waals surface area contributed by atoms with Crippen molar-refractivity contribution in [3.05, 3.63) is 42.0 Å². The smallest absolute Gasteiger partial charge is 0.326 e. The molecule has 2 amide bonds. The van der Waals surface area contributed by atoms with Gasteiger partial charge in [0.25, 0.3) is 5.91 Å². The van der Waals surface area contributed by atoms with Gasteiger partial charge in [-0.15, -0.1) is 0 Å². The predicted octanol–water partition coefficient (Wildman–Crippen LogP) is 3.06. The molecule has 0 spiro atoms. The molecule has 2 N–H and O–H groups in total. The summed E-state index contributed by atoms with van der Waals surface area (Å²) >= 11 is 0. The Balaban J connectivity index is 1.71. The molecule has 1 aromatic carbocycles. The molecule has 1 saturated heterocycles. The first-order chi connectivity index (χ1) is 12.6. The molecular formula is C20H24N2O4. The molecule has 2 unspecified atom stereocenters. The maximum absolute atomic E-state index is 12.8. The average molecular weight is 356 g/mol. The highest BCUT2D eigenvalue weighted by molar-refractivity contribution is 5.99. The lowest BCUT2D eigenvalue weighted by atomic mass is 9.93. The first kappa shape index (κ1) is 18.2. The molecule has 26 heavy (non-hydrogen) atoms. The first-order valence-corrected chi connectivity index (χ1v) is 9.16. The van der Waals surface area contributed by atoms with Crippen LogP contribution in [0.5, 0.6) is 0 Å². The molecule has 0 radical (unpaired) electrons. The van der Waals surface area contributed by atoms with Gasteiger partial charge in [-0.2, -0.15) is 0 Å². The van der Waals surface area contributed by atoms with Crippen LogP contribution in [0.15, 0.2) is 36.4 Å². The summed E-state index contributed by atoms with van der Waals surface area (Å²) < 4.78 is 0. The SMILES string of the molecule is O=C(Nc1cccc(C(=O)N2CCCCC2C(=O)O)c1)C1CC=CCC1. The van der Waals surface area contributed by atoms with Crippen molar-refractivity contribution in [2.24, 2.45) is 5.92 Å². The highest BCUT2D eigenvalue weighted by Gasteiger charge is 2.32. The number of carboxylic acids is 1. The van der Waals surface area contributed by atoms with Crippen molar-refractivity contribution < 1.29 is 19.5 Å². The molecular weight excluding hydrogens is 332 g/mol. The van der Waals surface area contributed by atoms with Gasteiger partial charge in [-0.1, -0.05) is 18.2 Å². The number of rotatable bonds is 4. The van der Waals surface area contributed by atoms with Crippen molar-refractivity contribution in [3.8, 4) is 0 Å². The second-order valence-corrected chi connectivity index (χ2v) is 6.90. The van der Waals surface area contributed by atoms with Crippen LogP contribution in [0.3, 0.4) is 0 Å². The van der Waals surface area contributed by atoms with Gasteiger partial charge in [0, 0.05) is 23.7 Å². The summed E-state index contributed by atoms with van der Waals surface area (Å²) in [5.74, 6) is -1.35. The Morgan fingerprint density at radius 3 is 2.69 bits per heavy atom. The van der Waals surface area contributed by atoms with Crippen molar-refractivity contribution in [1.29, 1.82) is 0 Å². The monoisotopic (exact) mass is 356 g/mol. The third kappa shape index (κ3) is 4.12. The van der Waals surface area contributed by atoms with Gasteiger partial charge in [-0.3, -0.25) is 9.59 Å². The van der Waals surface area contributed by atoms with E-state index in [0.717, 1.165) is 32.1 Å². The first-order valence-electron chi connectivity index (χ1n) is 9.16. The van der Waals surface area contributed by atoms with Crippen LogP contribution in [-0.2, 0) is 9.59 Å². The Morgan fingerprint density at radius 2 is 1.96 bits per heavy atom. The van der Waals surface area contributed by atoms with Gasteiger partial charge < -0.3 is 15.3 Å². The Kier molecular flexibility index (Phi) is 5.71. The number of carboxylic acid groups (broad SMARTS) is 1. The summed E-state index contributed by atoms with van der Waals surface area (Å²) in [7, 11) is 0. The van der Waals surface area contributed by atoms with E-state index in [9.17, 15) is 19.5 Å². The zero-order valence-electron chi connectivity index (χ0n) is 14.7. The lowest BCUT2D eigenvalue weighted by Crippen LogP contribution is -2.48. The molecule has 1 fully saturated rings. The number of allylic oxidation sites excluding steroid dienone is 2. The lowest BCUT2D eigenvalue weighted by Gasteiger charge is -2.33. The van der Waals surface area contributed by atoms with Crippen LogP contribution in [0, 0.1) is 5.92 Å². The predicted molar refractivity (Wildman–Crippen MR) is 97.9 cm³/mol. The molecule has 3 rings (SSSR count). The summed E-state index contributed by atoms with van der Waals surface area (Å²) in [6.45, 7) is 0.445. The number of carbonyl (C=O) groups is 3. The highest BCUT2D eigenvalue weighted by atomic mass is 16.4. The minimum absolute atomic E-state index is 0.0414. The van der Waals surface area contributed by atoms with E-state index in [2.05, 4.69) is 11.4 Å². The summed E-state index contributed by atoms with van der Waals surface area (Å²) in [5, 5.41) is 12.2. The van der Waals surface area contributed by atoms with E-state index < -0.39 is 12.0 Å². The van der Waals surface area contributed by atoms with Crippen LogP contribution < -0.4 is 5.32 Å². The molecule has 138 valence electrons. The van der Waals surface area contributed by atoms with Gasteiger partial charge in [0.05, 0.1) is 0 Å². The zero-order chi connectivity index (χ0) is 18.5. The van der Waals surface area contributed by atoms with E-state index in [4.69, 9.17) is 0 Å². The molecule has 1 aliphatic heterocycles. The number of carbonyl (C=O) groups excluding carboxylic acids is 2. The van der Waals surface area contributed by atoms with E-state index in [0.29, 0.717) is 24.2 Å². The van der Waals surface area contributed by atoms with Gasteiger partial charge in [0.15, 0.2) is 0 Å². The number of piperidine rings is 1. The summed E-state index contributed by atoms with van der Waals surface area (Å²) in [4.78, 5) is 38.0. The standard InChI is InChI=1S/C20H24N2O4/c23-18(14-7-2-1-3-8-14)21-16-10-6-9-15(13-16)19(24)22-12-5-4-11-17(22)20(25)26/h1-2,6,9-10,13-14,17H,3-5,7-8,11-12H2,(H,21,23)(H,25,26). The number of hydrogen-bond acceptors (Lipinski definition) is 3. The van der Waals surface area contributed by atoms with E-state index in [1.165, 1.54) is 4.90 Å². The van der Waals surface area contributed by atoms with E-state index >= 15 is 0 Å². The summed E-state index contributed by atoms with van der Waals surface area (Å²) in [6, 6.07) is 5.98. The maximum atomic E-state index is 12.8. The average Bonchev–Trinajstić information content (AvgIpc) is 2.68. The number of likely N-dealkylation sites (tertiary alicyclic amines) is 1. The normalized spacial score (nSPS) is 22.7. The molecule has 0 saturated carbocycles. The Labute approximate surface area is 152 Å². The fraction of sp³-hybridized carbons (Fsp3) is 0.450. The number of nitrogens with one attached hydrogen (secondary N) is 1. The highest BCUT2D eigenvalue weighted by Crippen LogP contribution is 2.23. The Morgan fingerprint density at radius 1 is 1.12 bits per heavy atom. The number of benzene rings is 1. The van der Waals surface area contributed by atoms with Crippen LogP contribution >= 0.6 is 0 Å². The molecule has 6 nitrogen and oxygen atoms in total. The van der Waals surface area contributed by atoms with Crippen molar-refractivity contribution in [2.45, 2.75) is 44.6 Å². The number of aliphatic carboxylic acids is 1. The molecule has 0 aromatic heterocycles. The maximum Gasteiger partial charge on any atom is 0.326 e. The second-order valence-electron chi connectivity index (χ2n) is 6.90. The van der Waals surface area contributed by atoms with E-state index in [1.54, 1.807) is 24.3 Å². The summed E-state index contributed by atoms with van der Waals surface area (Å²) in [5.41, 5.74) is 0.971. The largest absolute Gasteiger partial charge is 0.480 e. The zero-order valence-corrected chi connectivity index (χ0v) is 14.7. The van der Waals surface area contributed by atoms with Crippen LogP contribution in [0.2, 0.25) is 0 Å². The number of hydrogen-bond donors (Lipinski definition) is 2. The Bertz CT molecular complexity index is 728. The van der Waals surface area contributed by atoms with Crippen LogP contribution in [-0.4, -0.2) is 40.4 Å². The molecule has 1 aromatic rings. The van der Waals surface area contributed by atoms with Gasteiger partial charge in [-0.25, -0.2) is 4.79 Å². The second kappa shape index (κ2) is 8.17. The fourth-order valence-electron chi connectivity index (χ4n) is 3.60. The molecule has 1 heterocycles. The number of amides is 2. The molecule has 6 heteroatoms. The molecule has 2 aliphatic rings. The molecule has 0 bridgehead atoms. The van der Waals surface area contributed by atoms with Gasteiger partial charge in [-0.05, 0) is 56.7 Å². The van der Waals surface area contributed by atoms with Crippen LogP contribution in [0.1, 0.15) is 48.9 Å². The van der Waals surface area contributed by atoms with Crippen LogP contribution in [0.25, 0.3) is 0 Å². The third-order valence-corrected chi connectivity index (χ3v) is 5.07. The van der Waals surface area contributed by atoms with Crippen molar-refractivity contribution >= 4 is 23.5 Å². The van der Waals surface area contributed by atoms with Crippen molar-refractivity contribution in [2.75, 3.05) is 11.9 Å². The van der Waals surface area contributed by atoms with Crippen molar-refractivity contribution in [3.63, 3.8) is 0 Å². The summed E-state index contributed by atoms with van der Waals surface area (Å²) in [6.07, 6.45) is 8.67. The topological polar surface area (TPSA) is 86.7 Å². The van der Waals surface area contributed by atoms with Gasteiger partial charge >= 0.3 is 5.97 Å². The third-order valence-electron chi connectivity index (χ3n) is 5.07. The van der Waals surface area contributed by atoms with Gasteiger partial charge in [0.2, 0.25) is 5.91 Å². The van der Waals surface area contributed by atoms with Gasteiger partial charge in [0.1, 0.15) is 6.04 Å². The van der Waals surface area contributed by atoms with E-state index in [1.807, 2.05) is 6.08 Å².